The predicted octanol–water partition coefficient (Wildman–Crippen LogP) is 2.01. The number of nitrogens with zero attached hydrogens (tertiary/aromatic N) is 2. The minimum atomic E-state index is -4.35. The molecule has 100 valence electrons. The largest absolute Gasteiger partial charge is 0.395 e. The number of halogens is 4. The molecule has 0 bridgehead atoms. The Hall–Kier alpha value is -1.01. The van der Waals surface area contributed by atoms with Crippen LogP contribution in [0.25, 0.3) is 0 Å². The first-order valence-corrected chi connectivity index (χ1v) is 5.95. The number of piperidine rings is 1. The van der Waals surface area contributed by atoms with Gasteiger partial charge in [0.2, 0.25) is 0 Å². The highest BCUT2D eigenvalue weighted by atomic mass is 35.5. The van der Waals surface area contributed by atoms with E-state index >= 15 is 0 Å². The number of pyridine rings is 1. The van der Waals surface area contributed by atoms with Gasteiger partial charge in [0.15, 0.2) is 0 Å². The fraction of sp³-hybridized carbons (Fsp3) is 0.545. The number of nitrogens with two attached hydrogens (primary N) is 1. The second-order valence-corrected chi connectivity index (χ2v) is 4.89. The van der Waals surface area contributed by atoms with Crippen LogP contribution in [0.2, 0.25) is 0 Å². The van der Waals surface area contributed by atoms with E-state index in [1.807, 2.05) is 0 Å². The van der Waals surface area contributed by atoms with Gasteiger partial charge in [0, 0.05) is 25.3 Å². The second-order valence-electron chi connectivity index (χ2n) is 4.33. The van der Waals surface area contributed by atoms with Crippen LogP contribution in [0.1, 0.15) is 0 Å². The van der Waals surface area contributed by atoms with E-state index in [4.69, 9.17) is 17.3 Å². The fourth-order valence-corrected chi connectivity index (χ4v) is 2.41. The molecule has 0 radical (unpaired) electrons. The van der Waals surface area contributed by atoms with E-state index in [0.29, 0.717) is 5.82 Å². The van der Waals surface area contributed by atoms with Crippen molar-refractivity contribution < 1.29 is 13.2 Å². The van der Waals surface area contributed by atoms with Crippen molar-refractivity contribution in [2.75, 3.05) is 18.0 Å². The van der Waals surface area contributed by atoms with Crippen molar-refractivity contribution in [3.05, 3.63) is 24.4 Å². The van der Waals surface area contributed by atoms with Crippen molar-refractivity contribution in [3.8, 4) is 0 Å². The molecule has 1 aliphatic heterocycles. The summed E-state index contributed by atoms with van der Waals surface area (Å²) in [5.41, 5.74) is 5.55. The quantitative estimate of drug-likeness (QED) is 0.800. The second kappa shape index (κ2) is 4.93. The summed E-state index contributed by atoms with van der Waals surface area (Å²) in [6.45, 7) is 0.0667. The molecule has 18 heavy (non-hydrogen) atoms. The Morgan fingerprint density at radius 1 is 1.33 bits per heavy atom. The maximum Gasteiger partial charge on any atom is 0.395 e. The van der Waals surface area contributed by atoms with Gasteiger partial charge in [-0.25, -0.2) is 4.98 Å². The van der Waals surface area contributed by atoms with E-state index < -0.39 is 23.5 Å². The van der Waals surface area contributed by atoms with Crippen molar-refractivity contribution in [2.45, 2.75) is 17.6 Å². The standard InChI is InChI=1S/C11H13ClF3N3/c12-8-6-18(9-3-1-2-4-17-9)5-7(10(8)16)11(13,14)15/h1-4,7-8,10H,5-6,16H2. The summed E-state index contributed by atoms with van der Waals surface area (Å²) in [5.74, 6) is -1.14. The molecule has 2 N–H and O–H groups in total. The minimum absolute atomic E-state index is 0.203. The number of anilines is 1. The molecule has 1 aliphatic rings. The lowest BCUT2D eigenvalue weighted by atomic mass is 9.92. The first-order valence-electron chi connectivity index (χ1n) is 5.52. The number of alkyl halides is 4. The average molecular weight is 280 g/mol. The van der Waals surface area contributed by atoms with Crippen LogP contribution in [0.3, 0.4) is 0 Å². The maximum absolute atomic E-state index is 12.9. The lowest BCUT2D eigenvalue weighted by molar-refractivity contribution is -0.179. The average Bonchev–Trinajstić information content (AvgIpc) is 2.32. The van der Waals surface area contributed by atoms with E-state index in [1.54, 1.807) is 18.2 Å². The van der Waals surface area contributed by atoms with Crippen LogP contribution in [-0.2, 0) is 0 Å². The summed E-state index contributed by atoms with van der Waals surface area (Å²) in [6.07, 6.45) is -2.81. The number of hydrogen-bond donors (Lipinski definition) is 1. The molecule has 2 heterocycles. The Kier molecular flexibility index (Phi) is 3.68. The summed E-state index contributed by atoms with van der Waals surface area (Å²) in [7, 11) is 0. The molecular formula is C11H13ClF3N3. The lowest BCUT2D eigenvalue weighted by Crippen LogP contribution is -2.58. The molecule has 3 nitrogen and oxygen atoms in total. The van der Waals surface area contributed by atoms with Crippen LogP contribution in [0, 0.1) is 5.92 Å². The zero-order valence-corrected chi connectivity index (χ0v) is 10.2. The summed E-state index contributed by atoms with van der Waals surface area (Å²) >= 11 is 5.92. The third-order valence-corrected chi connectivity index (χ3v) is 3.52. The molecule has 1 aromatic rings. The molecule has 3 unspecified atom stereocenters. The van der Waals surface area contributed by atoms with E-state index in [1.165, 1.54) is 11.1 Å². The SMILES string of the molecule is NC1C(Cl)CN(c2ccccn2)CC1C(F)(F)F. The molecular weight excluding hydrogens is 267 g/mol. The molecule has 0 aromatic carbocycles. The van der Waals surface area contributed by atoms with Crippen LogP contribution < -0.4 is 10.6 Å². The fourth-order valence-electron chi connectivity index (χ4n) is 2.07. The zero-order valence-electron chi connectivity index (χ0n) is 9.44. The Balaban J connectivity index is 2.21. The summed E-state index contributed by atoms with van der Waals surface area (Å²) in [5, 5.41) is -0.743. The number of hydrogen-bond acceptors (Lipinski definition) is 3. The topological polar surface area (TPSA) is 42.1 Å². The highest BCUT2D eigenvalue weighted by Crippen LogP contribution is 2.35. The molecule has 0 saturated carbocycles. The van der Waals surface area contributed by atoms with Gasteiger partial charge in [0.05, 0.1) is 11.3 Å². The summed E-state index contributed by atoms with van der Waals surface area (Å²) in [4.78, 5) is 5.56. The maximum atomic E-state index is 12.9. The van der Waals surface area contributed by atoms with Crippen molar-refractivity contribution in [2.24, 2.45) is 11.7 Å². The van der Waals surface area contributed by atoms with Gasteiger partial charge >= 0.3 is 6.18 Å². The van der Waals surface area contributed by atoms with Crippen LogP contribution in [0.15, 0.2) is 24.4 Å². The van der Waals surface area contributed by atoms with Crippen molar-refractivity contribution in [1.82, 2.24) is 4.98 Å². The van der Waals surface area contributed by atoms with Gasteiger partial charge in [-0.1, -0.05) is 6.07 Å². The van der Waals surface area contributed by atoms with E-state index in [0.717, 1.165) is 0 Å². The normalized spacial score (nSPS) is 29.4. The zero-order chi connectivity index (χ0) is 13.3. The molecule has 1 saturated heterocycles. The molecule has 0 amide bonds. The molecule has 3 atom stereocenters. The Bertz CT molecular complexity index is 398. The van der Waals surface area contributed by atoms with Crippen LogP contribution >= 0.6 is 11.6 Å². The molecule has 2 rings (SSSR count). The highest BCUT2D eigenvalue weighted by molar-refractivity contribution is 6.21. The summed E-state index contributed by atoms with van der Waals surface area (Å²) in [6, 6.07) is 4.02. The van der Waals surface area contributed by atoms with Gasteiger partial charge in [-0.15, -0.1) is 11.6 Å². The van der Waals surface area contributed by atoms with Crippen LogP contribution in [0.4, 0.5) is 19.0 Å². The van der Waals surface area contributed by atoms with Gasteiger partial charge < -0.3 is 10.6 Å². The monoisotopic (exact) mass is 279 g/mol. The summed E-state index contributed by atoms with van der Waals surface area (Å²) < 4.78 is 38.6. The van der Waals surface area contributed by atoms with Crippen molar-refractivity contribution in [3.63, 3.8) is 0 Å². The Labute approximate surface area is 108 Å². The number of rotatable bonds is 1. The Morgan fingerprint density at radius 2 is 2.06 bits per heavy atom. The van der Waals surface area contributed by atoms with Crippen LogP contribution in [-0.4, -0.2) is 35.7 Å². The number of aromatic nitrogens is 1. The molecule has 0 aliphatic carbocycles. The molecule has 0 spiro atoms. The third-order valence-electron chi connectivity index (χ3n) is 3.09. The van der Waals surface area contributed by atoms with Crippen LogP contribution in [0.5, 0.6) is 0 Å². The minimum Gasteiger partial charge on any atom is -0.354 e. The molecule has 7 heteroatoms. The first-order chi connectivity index (χ1) is 8.39. The lowest BCUT2D eigenvalue weighted by Gasteiger charge is -2.41. The van der Waals surface area contributed by atoms with E-state index in [-0.39, 0.29) is 13.1 Å². The first kappa shape index (κ1) is 13.4. The molecule has 1 fully saturated rings. The van der Waals surface area contributed by atoms with Gasteiger partial charge in [0.25, 0.3) is 0 Å². The molecule has 1 aromatic heterocycles. The smallest absolute Gasteiger partial charge is 0.354 e. The highest BCUT2D eigenvalue weighted by Gasteiger charge is 2.49. The van der Waals surface area contributed by atoms with Gasteiger partial charge in [-0.2, -0.15) is 13.2 Å². The third kappa shape index (κ3) is 2.70. The van der Waals surface area contributed by atoms with Gasteiger partial charge in [-0.05, 0) is 12.1 Å². The Morgan fingerprint density at radius 3 is 2.61 bits per heavy atom. The van der Waals surface area contributed by atoms with E-state index in [2.05, 4.69) is 4.98 Å². The van der Waals surface area contributed by atoms with Gasteiger partial charge in [0.1, 0.15) is 5.82 Å². The van der Waals surface area contributed by atoms with E-state index in [9.17, 15) is 13.2 Å². The predicted molar refractivity (Wildman–Crippen MR) is 63.6 cm³/mol. The van der Waals surface area contributed by atoms with Gasteiger partial charge in [-0.3, -0.25) is 0 Å². The van der Waals surface area contributed by atoms with Crippen molar-refractivity contribution in [1.29, 1.82) is 0 Å². The van der Waals surface area contributed by atoms with Crippen molar-refractivity contribution >= 4 is 17.4 Å².